The normalized spacial score (nSPS) is 12.0. The lowest BCUT2D eigenvalue weighted by molar-refractivity contribution is 0.222. The topological polar surface area (TPSA) is 45.7 Å². The van der Waals surface area contributed by atoms with Crippen LogP contribution >= 0.6 is 24.0 Å². The van der Waals surface area contributed by atoms with E-state index in [2.05, 4.69) is 40.7 Å². The van der Waals surface area contributed by atoms with Gasteiger partial charge in [0.1, 0.15) is 11.9 Å². The van der Waals surface area contributed by atoms with Crippen molar-refractivity contribution in [3.8, 4) is 5.75 Å². The minimum absolute atomic E-state index is 0. The van der Waals surface area contributed by atoms with E-state index in [1.165, 1.54) is 5.56 Å². The molecule has 0 radical (unpaired) electrons. The van der Waals surface area contributed by atoms with Gasteiger partial charge >= 0.3 is 0 Å². The summed E-state index contributed by atoms with van der Waals surface area (Å²) in [5.74, 6) is 1.70. The summed E-state index contributed by atoms with van der Waals surface area (Å²) in [6, 6.07) is 18.3. The van der Waals surface area contributed by atoms with Gasteiger partial charge in [-0.25, -0.2) is 0 Å². The van der Waals surface area contributed by atoms with Crippen LogP contribution in [-0.2, 0) is 6.54 Å². The quantitative estimate of drug-likeness (QED) is 0.410. The SMILES string of the molecule is CN=C(NCc1ccccc1)NCC(C)Oc1ccccc1C.I. The molecule has 2 aromatic carbocycles. The van der Waals surface area contributed by atoms with E-state index in [1.807, 2.05) is 43.3 Å². The predicted molar refractivity (Wildman–Crippen MR) is 111 cm³/mol. The number of aryl methyl sites for hydroxylation is 1. The van der Waals surface area contributed by atoms with E-state index >= 15 is 0 Å². The second-order valence-electron chi connectivity index (χ2n) is 5.49. The monoisotopic (exact) mass is 439 g/mol. The average molecular weight is 439 g/mol. The molecule has 1 atom stereocenters. The van der Waals surface area contributed by atoms with Gasteiger partial charge in [0.05, 0.1) is 6.54 Å². The number of rotatable bonds is 6. The molecule has 2 aromatic rings. The summed E-state index contributed by atoms with van der Waals surface area (Å²) >= 11 is 0. The maximum Gasteiger partial charge on any atom is 0.191 e. The van der Waals surface area contributed by atoms with Crippen LogP contribution in [0.25, 0.3) is 0 Å². The van der Waals surface area contributed by atoms with Crippen LogP contribution in [0.15, 0.2) is 59.6 Å². The van der Waals surface area contributed by atoms with Gasteiger partial charge in [-0.05, 0) is 31.0 Å². The summed E-state index contributed by atoms with van der Waals surface area (Å²) in [6.45, 7) is 5.52. The third-order valence-corrected chi connectivity index (χ3v) is 3.51. The Hall–Kier alpha value is -1.76. The minimum Gasteiger partial charge on any atom is -0.489 e. The zero-order valence-corrected chi connectivity index (χ0v) is 16.8. The Morgan fingerprint density at radius 1 is 1.04 bits per heavy atom. The highest BCUT2D eigenvalue weighted by Gasteiger charge is 2.07. The minimum atomic E-state index is 0. The van der Waals surface area contributed by atoms with Crippen LogP contribution < -0.4 is 15.4 Å². The van der Waals surface area contributed by atoms with Crippen molar-refractivity contribution in [3.05, 3.63) is 65.7 Å². The number of hydrogen-bond acceptors (Lipinski definition) is 2. The second-order valence-corrected chi connectivity index (χ2v) is 5.49. The molecule has 4 nitrogen and oxygen atoms in total. The van der Waals surface area contributed by atoms with Crippen LogP contribution in [0.3, 0.4) is 0 Å². The highest BCUT2D eigenvalue weighted by molar-refractivity contribution is 14.0. The van der Waals surface area contributed by atoms with Gasteiger partial charge in [0.25, 0.3) is 0 Å². The number of nitrogens with one attached hydrogen (secondary N) is 2. The number of halogens is 1. The van der Waals surface area contributed by atoms with Crippen LogP contribution in [0.2, 0.25) is 0 Å². The van der Waals surface area contributed by atoms with E-state index in [9.17, 15) is 0 Å². The van der Waals surface area contributed by atoms with Crippen molar-refractivity contribution in [1.82, 2.24) is 10.6 Å². The molecule has 0 aliphatic heterocycles. The first-order chi connectivity index (χ1) is 11.2. The molecule has 0 bridgehead atoms. The Morgan fingerprint density at radius 3 is 2.38 bits per heavy atom. The standard InChI is InChI=1S/C19H25N3O.HI/c1-15-9-7-8-12-18(15)23-16(2)13-21-19(20-3)22-14-17-10-5-4-6-11-17;/h4-12,16H,13-14H2,1-3H3,(H2,20,21,22);1H. The van der Waals surface area contributed by atoms with Crippen molar-refractivity contribution in [2.24, 2.45) is 4.99 Å². The van der Waals surface area contributed by atoms with Crippen LogP contribution in [0.4, 0.5) is 0 Å². The van der Waals surface area contributed by atoms with E-state index in [4.69, 9.17) is 4.74 Å². The first kappa shape index (κ1) is 20.3. The lowest BCUT2D eigenvalue weighted by Crippen LogP contribution is -2.41. The molecule has 0 heterocycles. The van der Waals surface area contributed by atoms with Crippen molar-refractivity contribution in [2.45, 2.75) is 26.5 Å². The lowest BCUT2D eigenvalue weighted by atomic mass is 10.2. The fourth-order valence-electron chi connectivity index (χ4n) is 2.19. The molecule has 1 unspecified atom stereocenters. The molecule has 0 aromatic heterocycles. The summed E-state index contributed by atoms with van der Waals surface area (Å²) in [5, 5.41) is 6.59. The number of para-hydroxylation sites is 1. The highest BCUT2D eigenvalue weighted by atomic mass is 127. The molecule has 5 heteroatoms. The maximum atomic E-state index is 5.96. The Balaban J connectivity index is 0.00000288. The van der Waals surface area contributed by atoms with Gasteiger partial charge < -0.3 is 15.4 Å². The average Bonchev–Trinajstić information content (AvgIpc) is 2.58. The van der Waals surface area contributed by atoms with Crippen LogP contribution in [0.1, 0.15) is 18.1 Å². The van der Waals surface area contributed by atoms with E-state index in [1.54, 1.807) is 7.05 Å². The molecular weight excluding hydrogens is 413 g/mol. The number of benzene rings is 2. The number of aliphatic imine (C=N–C) groups is 1. The number of hydrogen-bond donors (Lipinski definition) is 2. The van der Waals surface area contributed by atoms with Gasteiger partial charge in [-0.1, -0.05) is 48.5 Å². The van der Waals surface area contributed by atoms with Gasteiger partial charge in [0, 0.05) is 13.6 Å². The molecule has 0 saturated heterocycles. The first-order valence-corrected chi connectivity index (χ1v) is 7.89. The smallest absolute Gasteiger partial charge is 0.191 e. The zero-order chi connectivity index (χ0) is 16.5. The molecule has 0 aliphatic rings. The van der Waals surface area contributed by atoms with Crippen molar-refractivity contribution in [1.29, 1.82) is 0 Å². The number of guanidine groups is 1. The van der Waals surface area contributed by atoms with E-state index in [-0.39, 0.29) is 30.1 Å². The van der Waals surface area contributed by atoms with Gasteiger partial charge in [-0.2, -0.15) is 0 Å². The molecule has 0 amide bonds. The van der Waals surface area contributed by atoms with Crippen LogP contribution in [0, 0.1) is 6.92 Å². The maximum absolute atomic E-state index is 5.96. The summed E-state index contributed by atoms with van der Waals surface area (Å²) < 4.78 is 5.96. The summed E-state index contributed by atoms with van der Waals surface area (Å²) in [6.07, 6.45) is 0.0476. The third-order valence-electron chi connectivity index (χ3n) is 3.51. The molecule has 0 aliphatic carbocycles. The number of ether oxygens (including phenoxy) is 1. The fourth-order valence-corrected chi connectivity index (χ4v) is 2.19. The predicted octanol–water partition coefficient (Wildman–Crippen LogP) is 3.75. The largest absolute Gasteiger partial charge is 0.489 e. The van der Waals surface area contributed by atoms with Gasteiger partial charge in [-0.15, -0.1) is 24.0 Å². The fraction of sp³-hybridized carbons (Fsp3) is 0.316. The Bertz CT molecular complexity index is 632. The second kappa shape index (κ2) is 10.9. The Kier molecular flexibility index (Phi) is 9.22. The molecule has 2 rings (SSSR count). The Morgan fingerprint density at radius 2 is 1.71 bits per heavy atom. The summed E-state index contributed by atoms with van der Waals surface area (Å²) in [4.78, 5) is 4.24. The lowest BCUT2D eigenvalue weighted by Gasteiger charge is -2.18. The van der Waals surface area contributed by atoms with Crippen LogP contribution in [-0.4, -0.2) is 25.7 Å². The van der Waals surface area contributed by atoms with Gasteiger partial charge in [-0.3, -0.25) is 4.99 Å². The van der Waals surface area contributed by atoms with Gasteiger partial charge in [0.15, 0.2) is 5.96 Å². The first-order valence-electron chi connectivity index (χ1n) is 7.89. The molecular formula is C19H26IN3O. The van der Waals surface area contributed by atoms with E-state index in [0.717, 1.165) is 23.8 Å². The van der Waals surface area contributed by atoms with Crippen LogP contribution in [0.5, 0.6) is 5.75 Å². The number of nitrogens with zero attached hydrogens (tertiary/aromatic N) is 1. The van der Waals surface area contributed by atoms with Gasteiger partial charge in [0.2, 0.25) is 0 Å². The summed E-state index contributed by atoms with van der Waals surface area (Å²) in [7, 11) is 1.77. The van der Waals surface area contributed by atoms with Crippen molar-refractivity contribution < 1.29 is 4.74 Å². The third kappa shape index (κ3) is 6.78. The summed E-state index contributed by atoms with van der Waals surface area (Å²) in [5.41, 5.74) is 2.37. The Labute approximate surface area is 161 Å². The highest BCUT2D eigenvalue weighted by Crippen LogP contribution is 2.17. The van der Waals surface area contributed by atoms with Crippen molar-refractivity contribution in [2.75, 3.05) is 13.6 Å². The zero-order valence-electron chi connectivity index (χ0n) is 14.5. The van der Waals surface area contributed by atoms with Crippen molar-refractivity contribution in [3.63, 3.8) is 0 Å². The molecule has 0 fully saturated rings. The van der Waals surface area contributed by atoms with E-state index in [0.29, 0.717) is 6.54 Å². The molecule has 2 N–H and O–H groups in total. The molecule has 0 saturated carbocycles. The molecule has 130 valence electrons. The van der Waals surface area contributed by atoms with E-state index < -0.39 is 0 Å². The molecule has 0 spiro atoms. The van der Waals surface area contributed by atoms with Crippen molar-refractivity contribution >= 4 is 29.9 Å². The molecule has 24 heavy (non-hydrogen) atoms.